The molecule has 0 spiro atoms. The lowest BCUT2D eigenvalue weighted by Gasteiger charge is -2.37. The molecule has 0 aromatic heterocycles. The van der Waals surface area contributed by atoms with E-state index in [1.165, 1.54) is 4.90 Å². The first-order chi connectivity index (χ1) is 8.20. The Labute approximate surface area is 101 Å². The van der Waals surface area contributed by atoms with E-state index in [-0.39, 0.29) is 6.10 Å². The Hall–Kier alpha value is -0.850. The van der Waals surface area contributed by atoms with Crippen LogP contribution in [0, 0.1) is 5.92 Å². The van der Waals surface area contributed by atoms with Crippen molar-refractivity contribution in [3.63, 3.8) is 0 Å². The number of piperidine rings is 1. The number of nitrogens with zero attached hydrogens (tertiary/aromatic N) is 1. The van der Waals surface area contributed by atoms with Crippen molar-refractivity contribution in [1.29, 1.82) is 0 Å². The van der Waals surface area contributed by atoms with Crippen molar-refractivity contribution in [2.75, 3.05) is 39.9 Å². The first-order valence-electron chi connectivity index (χ1n) is 6.03. The molecule has 2 rings (SSSR count). The zero-order chi connectivity index (χ0) is 12.3. The summed E-state index contributed by atoms with van der Waals surface area (Å²) in [6, 6.07) is 0. The summed E-state index contributed by atoms with van der Waals surface area (Å²) in [6.45, 7) is 3.53. The molecular weight excluding hydrogens is 224 g/mol. The third-order valence-corrected chi connectivity index (χ3v) is 3.56. The molecule has 0 aromatic rings. The summed E-state index contributed by atoms with van der Waals surface area (Å²) < 4.78 is 11.1. The molecule has 2 atom stereocenters. The predicted molar refractivity (Wildman–Crippen MR) is 61.1 cm³/mol. The molecule has 2 N–H and O–H groups in total. The quantitative estimate of drug-likeness (QED) is 0.728. The number of carboxylic acid groups (broad SMARTS) is 1. The molecule has 6 nitrogen and oxygen atoms in total. The number of ether oxygens (including phenoxy) is 2. The minimum atomic E-state index is -0.866. The third-order valence-electron chi connectivity index (χ3n) is 3.56. The van der Waals surface area contributed by atoms with E-state index in [1.807, 2.05) is 0 Å². The summed E-state index contributed by atoms with van der Waals surface area (Å²) in [6.07, 6.45) is 0.220. The number of carbonyl (C=O) groups is 1. The van der Waals surface area contributed by atoms with Gasteiger partial charge in [0.25, 0.3) is 0 Å². The SMILES string of the molecule is COC1CN(C(=O)O)CCC1COC1CNC1. The number of hydrogen-bond acceptors (Lipinski definition) is 4. The molecule has 2 saturated heterocycles. The zero-order valence-electron chi connectivity index (χ0n) is 10.1. The number of likely N-dealkylation sites (tertiary alicyclic amines) is 1. The van der Waals surface area contributed by atoms with Crippen LogP contribution in [0.25, 0.3) is 0 Å². The summed E-state index contributed by atoms with van der Waals surface area (Å²) in [5.74, 6) is 0.302. The Morgan fingerprint density at radius 2 is 2.29 bits per heavy atom. The highest BCUT2D eigenvalue weighted by Gasteiger charge is 2.32. The molecule has 0 radical (unpaired) electrons. The fourth-order valence-electron chi connectivity index (χ4n) is 2.24. The van der Waals surface area contributed by atoms with E-state index >= 15 is 0 Å². The standard InChI is InChI=1S/C11H20N2O4/c1-16-10-6-13(11(14)15)3-2-8(10)7-17-9-4-12-5-9/h8-10,12H,2-7H2,1H3,(H,14,15). The number of nitrogens with one attached hydrogen (secondary N) is 1. The van der Waals surface area contributed by atoms with E-state index in [4.69, 9.17) is 14.6 Å². The van der Waals surface area contributed by atoms with Gasteiger partial charge in [0.2, 0.25) is 0 Å². The molecule has 2 aliphatic rings. The second-order valence-corrected chi connectivity index (χ2v) is 4.67. The van der Waals surface area contributed by atoms with Gasteiger partial charge in [-0.15, -0.1) is 0 Å². The van der Waals surface area contributed by atoms with Crippen molar-refractivity contribution < 1.29 is 19.4 Å². The van der Waals surface area contributed by atoms with Crippen LogP contribution in [0.5, 0.6) is 0 Å². The lowest BCUT2D eigenvalue weighted by Crippen LogP contribution is -2.51. The normalized spacial score (nSPS) is 30.1. The molecule has 2 aliphatic heterocycles. The molecule has 0 aliphatic carbocycles. The van der Waals surface area contributed by atoms with Crippen LogP contribution in [0.4, 0.5) is 4.79 Å². The smallest absolute Gasteiger partial charge is 0.407 e. The first kappa shape index (κ1) is 12.6. The van der Waals surface area contributed by atoms with E-state index < -0.39 is 6.09 Å². The molecule has 98 valence electrons. The van der Waals surface area contributed by atoms with E-state index in [2.05, 4.69) is 5.32 Å². The number of rotatable bonds is 4. The average Bonchev–Trinajstić information content (AvgIpc) is 2.27. The number of amides is 1. The average molecular weight is 244 g/mol. The fourth-order valence-corrected chi connectivity index (χ4v) is 2.24. The lowest BCUT2D eigenvalue weighted by molar-refractivity contribution is -0.0662. The van der Waals surface area contributed by atoms with Gasteiger partial charge in [0.1, 0.15) is 0 Å². The van der Waals surface area contributed by atoms with Gasteiger partial charge >= 0.3 is 6.09 Å². The Balaban J connectivity index is 1.78. The third kappa shape index (κ3) is 3.08. The first-order valence-corrected chi connectivity index (χ1v) is 6.03. The van der Waals surface area contributed by atoms with Crippen LogP contribution < -0.4 is 5.32 Å². The van der Waals surface area contributed by atoms with Crippen molar-refractivity contribution in [2.45, 2.75) is 18.6 Å². The highest BCUT2D eigenvalue weighted by Crippen LogP contribution is 2.21. The van der Waals surface area contributed by atoms with Gasteiger partial charge in [-0.1, -0.05) is 0 Å². The van der Waals surface area contributed by atoms with Crippen LogP contribution in [0.2, 0.25) is 0 Å². The second-order valence-electron chi connectivity index (χ2n) is 4.67. The van der Waals surface area contributed by atoms with Crippen molar-refractivity contribution in [2.24, 2.45) is 5.92 Å². The maximum Gasteiger partial charge on any atom is 0.407 e. The lowest BCUT2D eigenvalue weighted by atomic mass is 9.94. The zero-order valence-corrected chi connectivity index (χ0v) is 10.1. The summed E-state index contributed by atoms with van der Waals surface area (Å²) in [5, 5.41) is 12.1. The molecule has 0 aromatic carbocycles. The molecule has 1 amide bonds. The maximum absolute atomic E-state index is 10.9. The Bertz CT molecular complexity index is 270. The highest BCUT2D eigenvalue weighted by molar-refractivity contribution is 5.65. The largest absolute Gasteiger partial charge is 0.465 e. The van der Waals surface area contributed by atoms with Crippen LogP contribution in [0.3, 0.4) is 0 Å². The Morgan fingerprint density at radius 3 is 2.82 bits per heavy atom. The predicted octanol–water partition coefficient (Wildman–Crippen LogP) is -0.0103. The molecule has 0 bridgehead atoms. The maximum atomic E-state index is 10.9. The summed E-state index contributed by atoms with van der Waals surface area (Å²) in [5.41, 5.74) is 0. The van der Waals surface area contributed by atoms with Crippen LogP contribution in [-0.2, 0) is 9.47 Å². The van der Waals surface area contributed by atoms with Crippen LogP contribution in [0.15, 0.2) is 0 Å². The van der Waals surface area contributed by atoms with Gasteiger partial charge in [0, 0.05) is 32.7 Å². The van der Waals surface area contributed by atoms with Gasteiger partial charge < -0.3 is 24.8 Å². The van der Waals surface area contributed by atoms with Crippen molar-refractivity contribution in [3.05, 3.63) is 0 Å². The van der Waals surface area contributed by atoms with Crippen LogP contribution in [0.1, 0.15) is 6.42 Å². The summed E-state index contributed by atoms with van der Waals surface area (Å²) in [4.78, 5) is 12.3. The molecule has 2 fully saturated rings. The molecule has 2 heterocycles. The summed E-state index contributed by atoms with van der Waals surface area (Å²) >= 11 is 0. The Kier molecular flexibility index (Phi) is 4.20. The van der Waals surface area contributed by atoms with Gasteiger partial charge in [-0.3, -0.25) is 0 Å². The van der Waals surface area contributed by atoms with Crippen molar-refractivity contribution in [1.82, 2.24) is 10.2 Å². The van der Waals surface area contributed by atoms with E-state index in [1.54, 1.807) is 7.11 Å². The van der Waals surface area contributed by atoms with Crippen molar-refractivity contribution in [3.8, 4) is 0 Å². The Morgan fingerprint density at radius 1 is 1.53 bits per heavy atom. The van der Waals surface area contributed by atoms with Crippen molar-refractivity contribution >= 4 is 6.09 Å². The molecule has 2 unspecified atom stereocenters. The molecular formula is C11H20N2O4. The minimum Gasteiger partial charge on any atom is -0.465 e. The number of methoxy groups -OCH3 is 1. The van der Waals surface area contributed by atoms with Gasteiger partial charge in [-0.2, -0.15) is 0 Å². The fraction of sp³-hybridized carbons (Fsp3) is 0.909. The topological polar surface area (TPSA) is 71.0 Å². The van der Waals surface area contributed by atoms with Crippen LogP contribution >= 0.6 is 0 Å². The van der Waals surface area contributed by atoms with Crippen LogP contribution in [-0.4, -0.2) is 68.2 Å². The minimum absolute atomic E-state index is 0.0483. The molecule has 17 heavy (non-hydrogen) atoms. The van der Waals surface area contributed by atoms with Gasteiger partial charge in [0.05, 0.1) is 25.4 Å². The summed E-state index contributed by atoms with van der Waals surface area (Å²) in [7, 11) is 1.63. The molecule has 0 saturated carbocycles. The van der Waals surface area contributed by atoms with E-state index in [9.17, 15) is 4.79 Å². The van der Waals surface area contributed by atoms with E-state index in [0.29, 0.717) is 31.7 Å². The highest BCUT2D eigenvalue weighted by atomic mass is 16.5. The number of hydrogen-bond donors (Lipinski definition) is 2. The second kappa shape index (κ2) is 5.66. The van der Waals surface area contributed by atoms with E-state index in [0.717, 1.165) is 19.5 Å². The van der Waals surface area contributed by atoms with Gasteiger partial charge in [0.15, 0.2) is 0 Å². The van der Waals surface area contributed by atoms with Gasteiger partial charge in [-0.25, -0.2) is 4.79 Å². The van der Waals surface area contributed by atoms with Gasteiger partial charge in [-0.05, 0) is 6.42 Å². The molecule has 6 heteroatoms. The monoisotopic (exact) mass is 244 g/mol.